The molecular weight excluding hydrogens is 356 g/mol. The molecule has 0 amide bonds. The number of rotatable bonds is 5. The van der Waals surface area contributed by atoms with Crippen LogP contribution in [-0.2, 0) is 6.54 Å². The molecule has 0 saturated carbocycles. The maximum absolute atomic E-state index is 5.98. The SMILES string of the molecule is CNC1CCN(c2cc(NCc3ccc(Cl)cc3)nc3ccccc23)CC1. The van der Waals surface area contributed by atoms with Crippen molar-refractivity contribution in [1.82, 2.24) is 10.3 Å². The van der Waals surface area contributed by atoms with Gasteiger partial charge in [0.1, 0.15) is 5.82 Å². The monoisotopic (exact) mass is 380 g/mol. The molecule has 0 unspecified atom stereocenters. The topological polar surface area (TPSA) is 40.2 Å². The number of fused-ring (bicyclic) bond motifs is 1. The molecule has 4 nitrogen and oxygen atoms in total. The van der Waals surface area contributed by atoms with Gasteiger partial charge in [-0.15, -0.1) is 0 Å². The number of hydrogen-bond acceptors (Lipinski definition) is 4. The first-order valence-corrected chi connectivity index (χ1v) is 9.91. The summed E-state index contributed by atoms with van der Waals surface area (Å²) in [6, 6.07) is 19.1. The number of hydrogen-bond donors (Lipinski definition) is 2. The fraction of sp³-hybridized carbons (Fsp3) is 0.318. The van der Waals surface area contributed by atoms with Crippen molar-refractivity contribution < 1.29 is 0 Å². The zero-order valence-corrected chi connectivity index (χ0v) is 16.3. The highest BCUT2D eigenvalue weighted by Gasteiger charge is 2.20. The van der Waals surface area contributed by atoms with E-state index < -0.39 is 0 Å². The molecule has 1 aromatic heterocycles. The molecule has 1 saturated heterocycles. The Morgan fingerprint density at radius 1 is 1.07 bits per heavy atom. The average molecular weight is 381 g/mol. The summed E-state index contributed by atoms with van der Waals surface area (Å²) in [5.41, 5.74) is 3.49. The lowest BCUT2D eigenvalue weighted by atomic mass is 10.0. The number of nitrogens with zero attached hydrogens (tertiary/aromatic N) is 2. The minimum absolute atomic E-state index is 0.622. The predicted octanol–water partition coefficient (Wildman–Crippen LogP) is 4.69. The van der Waals surface area contributed by atoms with E-state index in [1.54, 1.807) is 0 Å². The van der Waals surface area contributed by atoms with Gasteiger partial charge in [0.25, 0.3) is 0 Å². The lowest BCUT2D eigenvalue weighted by Gasteiger charge is -2.34. The van der Waals surface area contributed by atoms with Crippen LogP contribution in [0.5, 0.6) is 0 Å². The number of nitrogens with one attached hydrogen (secondary N) is 2. The van der Waals surface area contributed by atoms with E-state index in [1.807, 2.05) is 24.3 Å². The molecule has 1 aliphatic rings. The van der Waals surface area contributed by atoms with Crippen LogP contribution in [0.2, 0.25) is 5.02 Å². The summed E-state index contributed by atoms with van der Waals surface area (Å²) in [6.45, 7) is 2.86. The number of aromatic nitrogens is 1. The molecule has 0 spiro atoms. The number of anilines is 2. The first kappa shape index (κ1) is 18.1. The summed E-state index contributed by atoms with van der Waals surface area (Å²) in [6.07, 6.45) is 2.33. The summed E-state index contributed by atoms with van der Waals surface area (Å²) in [7, 11) is 2.06. The Labute approximate surface area is 165 Å². The first-order valence-electron chi connectivity index (χ1n) is 9.53. The number of halogens is 1. The Kier molecular flexibility index (Phi) is 5.46. The minimum Gasteiger partial charge on any atom is -0.371 e. The van der Waals surface area contributed by atoms with Crippen LogP contribution in [0.15, 0.2) is 54.6 Å². The van der Waals surface area contributed by atoms with Gasteiger partial charge in [-0.05, 0) is 43.7 Å². The summed E-state index contributed by atoms with van der Waals surface area (Å²) in [4.78, 5) is 7.31. The number of pyridine rings is 1. The number of benzene rings is 2. The molecule has 3 aromatic rings. The van der Waals surface area contributed by atoms with Gasteiger partial charge in [0.05, 0.1) is 5.52 Å². The third-order valence-electron chi connectivity index (χ3n) is 5.33. The van der Waals surface area contributed by atoms with Crippen LogP contribution < -0.4 is 15.5 Å². The van der Waals surface area contributed by atoms with Gasteiger partial charge in [-0.25, -0.2) is 4.98 Å². The van der Waals surface area contributed by atoms with E-state index in [-0.39, 0.29) is 0 Å². The van der Waals surface area contributed by atoms with Crippen LogP contribution >= 0.6 is 11.6 Å². The van der Waals surface area contributed by atoms with Crippen molar-refractivity contribution >= 4 is 34.0 Å². The highest BCUT2D eigenvalue weighted by atomic mass is 35.5. The Balaban J connectivity index is 1.59. The van der Waals surface area contributed by atoms with E-state index >= 15 is 0 Å². The van der Waals surface area contributed by atoms with Crippen molar-refractivity contribution in [2.75, 3.05) is 30.4 Å². The predicted molar refractivity (Wildman–Crippen MR) is 115 cm³/mol. The van der Waals surface area contributed by atoms with Gasteiger partial charge in [-0.3, -0.25) is 0 Å². The molecule has 140 valence electrons. The Hall–Kier alpha value is -2.30. The molecule has 1 fully saturated rings. The van der Waals surface area contributed by atoms with Crippen molar-refractivity contribution in [2.45, 2.75) is 25.4 Å². The number of piperidine rings is 1. The molecule has 0 bridgehead atoms. The molecule has 5 heteroatoms. The van der Waals surface area contributed by atoms with Crippen LogP contribution in [0, 0.1) is 0 Å². The van der Waals surface area contributed by atoms with Crippen LogP contribution in [0.25, 0.3) is 10.9 Å². The maximum atomic E-state index is 5.98. The van der Waals surface area contributed by atoms with Crippen molar-refractivity contribution in [2.24, 2.45) is 0 Å². The summed E-state index contributed by atoms with van der Waals surface area (Å²) in [5.74, 6) is 0.911. The average Bonchev–Trinajstić information content (AvgIpc) is 2.73. The maximum Gasteiger partial charge on any atom is 0.129 e. The zero-order chi connectivity index (χ0) is 18.6. The second-order valence-corrected chi connectivity index (χ2v) is 7.51. The quantitative estimate of drug-likeness (QED) is 0.673. The van der Waals surface area contributed by atoms with Crippen LogP contribution in [0.1, 0.15) is 18.4 Å². The molecule has 2 N–H and O–H groups in total. The lowest BCUT2D eigenvalue weighted by molar-refractivity contribution is 0.443. The molecule has 0 aliphatic carbocycles. The van der Waals surface area contributed by atoms with Gasteiger partial charge in [0, 0.05) is 47.8 Å². The summed E-state index contributed by atoms with van der Waals surface area (Å²) < 4.78 is 0. The van der Waals surface area contributed by atoms with Gasteiger partial charge in [-0.2, -0.15) is 0 Å². The van der Waals surface area contributed by atoms with Gasteiger partial charge >= 0.3 is 0 Å². The third kappa shape index (κ3) is 4.18. The molecule has 1 aliphatic heterocycles. The van der Waals surface area contributed by atoms with E-state index in [2.05, 4.69) is 52.9 Å². The highest BCUT2D eigenvalue weighted by Crippen LogP contribution is 2.31. The fourth-order valence-electron chi connectivity index (χ4n) is 3.71. The molecular formula is C22H25ClN4. The molecule has 4 rings (SSSR count). The van der Waals surface area contributed by atoms with Gasteiger partial charge in [0.15, 0.2) is 0 Å². The second kappa shape index (κ2) is 8.15. The van der Waals surface area contributed by atoms with E-state index in [0.29, 0.717) is 6.04 Å². The molecule has 0 atom stereocenters. The standard InChI is InChI=1S/C22H25ClN4/c1-24-18-10-12-27(13-11-18)21-14-22(26-20-5-3-2-4-19(20)21)25-15-16-6-8-17(23)9-7-16/h2-9,14,18,24H,10-13,15H2,1H3,(H,25,26). The number of para-hydroxylation sites is 1. The molecule has 0 radical (unpaired) electrons. The normalized spacial score (nSPS) is 15.3. The van der Waals surface area contributed by atoms with Crippen molar-refractivity contribution in [1.29, 1.82) is 0 Å². The Bertz CT molecular complexity index is 902. The Morgan fingerprint density at radius 3 is 2.56 bits per heavy atom. The lowest BCUT2D eigenvalue weighted by Crippen LogP contribution is -2.41. The van der Waals surface area contributed by atoms with Gasteiger partial charge in [0.2, 0.25) is 0 Å². The van der Waals surface area contributed by atoms with Gasteiger partial charge < -0.3 is 15.5 Å². The summed E-state index contributed by atoms with van der Waals surface area (Å²) in [5, 5.41) is 8.86. The van der Waals surface area contributed by atoms with E-state index in [9.17, 15) is 0 Å². The van der Waals surface area contributed by atoms with E-state index in [1.165, 1.54) is 29.5 Å². The summed E-state index contributed by atoms with van der Waals surface area (Å²) >= 11 is 5.98. The largest absolute Gasteiger partial charge is 0.371 e. The molecule has 2 aromatic carbocycles. The van der Waals surface area contributed by atoms with Crippen LogP contribution in [-0.4, -0.2) is 31.2 Å². The minimum atomic E-state index is 0.622. The Morgan fingerprint density at radius 2 is 1.81 bits per heavy atom. The molecule has 2 heterocycles. The smallest absolute Gasteiger partial charge is 0.129 e. The van der Waals surface area contributed by atoms with E-state index in [0.717, 1.165) is 36.0 Å². The van der Waals surface area contributed by atoms with Crippen LogP contribution in [0.3, 0.4) is 0 Å². The fourth-order valence-corrected chi connectivity index (χ4v) is 3.84. The van der Waals surface area contributed by atoms with E-state index in [4.69, 9.17) is 16.6 Å². The second-order valence-electron chi connectivity index (χ2n) is 7.07. The first-order chi connectivity index (χ1) is 13.2. The van der Waals surface area contributed by atoms with Crippen LogP contribution in [0.4, 0.5) is 11.5 Å². The molecule has 27 heavy (non-hydrogen) atoms. The van der Waals surface area contributed by atoms with Crippen molar-refractivity contribution in [3.05, 3.63) is 65.2 Å². The third-order valence-corrected chi connectivity index (χ3v) is 5.58. The van der Waals surface area contributed by atoms with Gasteiger partial charge in [-0.1, -0.05) is 41.9 Å². The highest BCUT2D eigenvalue weighted by molar-refractivity contribution is 6.30. The van der Waals surface area contributed by atoms with Crippen molar-refractivity contribution in [3.8, 4) is 0 Å². The zero-order valence-electron chi connectivity index (χ0n) is 15.6. The van der Waals surface area contributed by atoms with Crippen molar-refractivity contribution in [3.63, 3.8) is 0 Å².